The van der Waals surface area contributed by atoms with Crippen molar-refractivity contribution in [2.75, 3.05) is 19.8 Å². The maximum absolute atomic E-state index is 11.6. The molecule has 1 aliphatic rings. The molecule has 0 saturated heterocycles. The van der Waals surface area contributed by atoms with Gasteiger partial charge in [0.1, 0.15) is 4.88 Å². The lowest BCUT2D eigenvalue weighted by Gasteiger charge is -2.04. The van der Waals surface area contributed by atoms with Crippen LogP contribution in [0.2, 0.25) is 0 Å². The standard InChI is InChI=1S/C12H15NO4S/c14-11(9-3-4-10(18-9)12(15)16)13-5-6-17-7-8-1-2-8/h3-4,8H,1-2,5-7H2,(H,13,14)(H,15,16). The number of carboxylic acid groups (broad SMARTS) is 1. The average Bonchev–Trinajstić information content (AvgIpc) is 3.02. The normalized spacial score (nSPS) is 14.4. The van der Waals surface area contributed by atoms with E-state index in [0.29, 0.717) is 18.0 Å². The molecule has 1 aliphatic carbocycles. The van der Waals surface area contributed by atoms with Crippen molar-refractivity contribution in [3.63, 3.8) is 0 Å². The summed E-state index contributed by atoms with van der Waals surface area (Å²) in [6.07, 6.45) is 2.50. The van der Waals surface area contributed by atoms with Crippen LogP contribution in [0.5, 0.6) is 0 Å². The second-order valence-electron chi connectivity index (χ2n) is 4.24. The Bertz CT molecular complexity index is 439. The number of carbonyl (C=O) groups excluding carboxylic acids is 1. The van der Waals surface area contributed by atoms with Gasteiger partial charge in [-0.25, -0.2) is 4.79 Å². The number of carboxylic acids is 1. The predicted molar refractivity (Wildman–Crippen MR) is 67.2 cm³/mol. The number of aromatic carboxylic acids is 1. The molecule has 1 fully saturated rings. The summed E-state index contributed by atoms with van der Waals surface area (Å²) in [6.45, 7) is 1.73. The van der Waals surface area contributed by atoms with E-state index in [0.717, 1.165) is 23.9 Å². The maximum Gasteiger partial charge on any atom is 0.345 e. The minimum atomic E-state index is -1.01. The van der Waals surface area contributed by atoms with Crippen LogP contribution in [0.1, 0.15) is 32.2 Å². The average molecular weight is 269 g/mol. The van der Waals surface area contributed by atoms with E-state index < -0.39 is 5.97 Å². The Kier molecular flexibility index (Phi) is 4.33. The van der Waals surface area contributed by atoms with Gasteiger partial charge in [0.2, 0.25) is 0 Å². The van der Waals surface area contributed by atoms with Gasteiger partial charge in [-0.15, -0.1) is 11.3 Å². The summed E-state index contributed by atoms with van der Waals surface area (Å²) in [5.41, 5.74) is 0. The fraction of sp³-hybridized carbons (Fsp3) is 0.500. The Labute approximate surface area is 109 Å². The fourth-order valence-electron chi connectivity index (χ4n) is 1.43. The minimum absolute atomic E-state index is 0.171. The molecule has 18 heavy (non-hydrogen) atoms. The number of nitrogens with one attached hydrogen (secondary N) is 1. The molecule has 0 aromatic carbocycles. The van der Waals surface area contributed by atoms with Crippen molar-refractivity contribution in [2.24, 2.45) is 5.92 Å². The lowest BCUT2D eigenvalue weighted by Crippen LogP contribution is -2.26. The van der Waals surface area contributed by atoms with Gasteiger partial charge in [-0.1, -0.05) is 0 Å². The van der Waals surface area contributed by atoms with Crippen LogP contribution in [0.3, 0.4) is 0 Å². The molecule has 2 N–H and O–H groups in total. The van der Waals surface area contributed by atoms with E-state index in [9.17, 15) is 9.59 Å². The maximum atomic E-state index is 11.6. The number of hydrogen-bond acceptors (Lipinski definition) is 4. The van der Waals surface area contributed by atoms with Gasteiger partial charge in [-0.05, 0) is 30.9 Å². The van der Waals surface area contributed by atoms with Gasteiger partial charge in [0.15, 0.2) is 0 Å². The largest absolute Gasteiger partial charge is 0.477 e. The first-order valence-electron chi connectivity index (χ1n) is 5.86. The summed E-state index contributed by atoms with van der Waals surface area (Å²) >= 11 is 0.975. The molecule has 6 heteroatoms. The number of amides is 1. The second-order valence-corrected chi connectivity index (χ2v) is 5.33. The number of ether oxygens (including phenoxy) is 1. The zero-order chi connectivity index (χ0) is 13.0. The van der Waals surface area contributed by atoms with Crippen LogP contribution in [0.15, 0.2) is 12.1 Å². The Morgan fingerprint density at radius 1 is 1.39 bits per heavy atom. The number of hydrogen-bond donors (Lipinski definition) is 2. The van der Waals surface area contributed by atoms with Crippen LogP contribution in [0.25, 0.3) is 0 Å². The van der Waals surface area contributed by atoms with Gasteiger partial charge in [0, 0.05) is 13.2 Å². The minimum Gasteiger partial charge on any atom is -0.477 e. The highest BCUT2D eigenvalue weighted by molar-refractivity contribution is 7.15. The van der Waals surface area contributed by atoms with Gasteiger partial charge >= 0.3 is 5.97 Å². The molecule has 1 amide bonds. The molecule has 0 radical (unpaired) electrons. The van der Waals surface area contributed by atoms with Crippen LogP contribution >= 0.6 is 11.3 Å². The molecular weight excluding hydrogens is 254 g/mol. The van der Waals surface area contributed by atoms with Crippen LogP contribution in [0, 0.1) is 5.92 Å². The topological polar surface area (TPSA) is 75.6 Å². The second kappa shape index (κ2) is 5.97. The molecule has 0 atom stereocenters. The van der Waals surface area contributed by atoms with E-state index in [1.165, 1.54) is 25.0 Å². The molecule has 0 spiro atoms. The third-order valence-electron chi connectivity index (χ3n) is 2.62. The molecule has 0 unspecified atom stereocenters. The van der Waals surface area contributed by atoms with Gasteiger partial charge in [0.05, 0.1) is 11.5 Å². The molecule has 2 rings (SSSR count). The van der Waals surface area contributed by atoms with Crippen molar-refractivity contribution >= 4 is 23.2 Å². The van der Waals surface area contributed by atoms with Crippen molar-refractivity contribution in [1.29, 1.82) is 0 Å². The summed E-state index contributed by atoms with van der Waals surface area (Å²) in [5, 5.41) is 11.4. The highest BCUT2D eigenvalue weighted by Gasteiger charge is 2.20. The lowest BCUT2D eigenvalue weighted by atomic mass is 10.4. The summed E-state index contributed by atoms with van der Waals surface area (Å²) in [4.78, 5) is 22.9. The van der Waals surface area contributed by atoms with Crippen LogP contribution in [-0.2, 0) is 4.74 Å². The molecule has 1 aromatic rings. The van der Waals surface area contributed by atoms with Crippen molar-refractivity contribution < 1.29 is 19.4 Å². The van der Waals surface area contributed by atoms with Gasteiger partial charge < -0.3 is 15.2 Å². The monoisotopic (exact) mass is 269 g/mol. The zero-order valence-electron chi connectivity index (χ0n) is 9.85. The third-order valence-corrected chi connectivity index (χ3v) is 3.70. The van der Waals surface area contributed by atoms with Crippen molar-refractivity contribution in [1.82, 2.24) is 5.32 Å². The molecule has 1 saturated carbocycles. The predicted octanol–water partition coefficient (Wildman–Crippen LogP) is 1.60. The molecule has 98 valence electrons. The van der Waals surface area contributed by atoms with E-state index >= 15 is 0 Å². The lowest BCUT2D eigenvalue weighted by molar-refractivity contribution is 0.0702. The van der Waals surface area contributed by atoms with E-state index in [-0.39, 0.29) is 10.8 Å². The summed E-state index contributed by atoms with van der Waals surface area (Å²) in [5.74, 6) is -0.537. The van der Waals surface area contributed by atoms with Crippen LogP contribution in [0.4, 0.5) is 0 Å². The Hall–Kier alpha value is -1.40. The first-order chi connectivity index (χ1) is 8.66. The van der Waals surface area contributed by atoms with Gasteiger partial charge in [-0.3, -0.25) is 4.79 Å². The Balaban J connectivity index is 1.67. The highest BCUT2D eigenvalue weighted by atomic mass is 32.1. The van der Waals surface area contributed by atoms with Crippen molar-refractivity contribution in [3.8, 4) is 0 Å². The third kappa shape index (κ3) is 3.82. The molecular formula is C12H15NO4S. The number of rotatable bonds is 7. The zero-order valence-corrected chi connectivity index (χ0v) is 10.7. The van der Waals surface area contributed by atoms with E-state index in [1.807, 2.05) is 0 Å². The molecule has 1 heterocycles. The number of thiophene rings is 1. The summed E-state index contributed by atoms with van der Waals surface area (Å²) < 4.78 is 5.38. The van der Waals surface area contributed by atoms with Crippen LogP contribution in [-0.4, -0.2) is 36.7 Å². The highest BCUT2D eigenvalue weighted by Crippen LogP contribution is 2.28. The Morgan fingerprint density at radius 3 is 2.72 bits per heavy atom. The molecule has 0 aliphatic heterocycles. The quantitative estimate of drug-likeness (QED) is 0.737. The first-order valence-corrected chi connectivity index (χ1v) is 6.67. The molecule has 0 bridgehead atoms. The van der Waals surface area contributed by atoms with Gasteiger partial charge in [0.25, 0.3) is 5.91 Å². The van der Waals surface area contributed by atoms with E-state index in [2.05, 4.69) is 5.32 Å². The number of carbonyl (C=O) groups is 2. The van der Waals surface area contributed by atoms with Crippen molar-refractivity contribution in [2.45, 2.75) is 12.8 Å². The SMILES string of the molecule is O=C(O)c1ccc(C(=O)NCCOCC2CC2)s1. The summed E-state index contributed by atoms with van der Waals surface area (Å²) in [7, 11) is 0. The fourth-order valence-corrected chi connectivity index (χ4v) is 2.19. The van der Waals surface area contributed by atoms with Crippen LogP contribution < -0.4 is 5.32 Å². The molecule has 1 aromatic heterocycles. The molecule has 5 nitrogen and oxygen atoms in total. The Morgan fingerprint density at radius 2 is 2.11 bits per heavy atom. The summed E-state index contributed by atoms with van der Waals surface area (Å²) in [6, 6.07) is 2.96. The first kappa shape index (κ1) is 13.0. The van der Waals surface area contributed by atoms with E-state index in [4.69, 9.17) is 9.84 Å². The van der Waals surface area contributed by atoms with Crippen molar-refractivity contribution in [3.05, 3.63) is 21.9 Å². The van der Waals surface area contributed by atoms with E-state index in [1.54, 1.807) is 0 Å². The van der Waals surface area contributed by atoms with Gasteiger partial charge in [-0.2, -0.15) is 0 Å². The smallest absolute Gasteiger partial charge is 0.345 e.